The highest BCUT2D eigenvalue weighted by atomic mass is 15.0. The Labute approximate surface area is 357 Å². The van der Waals surface area contributed by atoms with Gasteiger partial charge in [0.1, 0.15) is 0 Å². The second kappa shape index (κ2) is 14.7. The Morgan fingerprint density at radius 1 is 0.258 bits per heavy atom. The molecule has 0 atom stereocenters. The minimum atomic E-state index is 0.573. The SMILES string of the molecule is c1ccc(-c2nc(-c3ccccc3)nc(-c3cncc(-c4ccc5c6ccccc6n(-c6ccc(-c7ccc8c(c7)c7ccccc7n8-c7ccccc7)cc6)c5c4)c3)n2)cc1. The molecule has 6 nitrogen and oxygen atoms in total. The average Bonchev–Trinajstić information content (AvgIpc) is 3.87. The third-order valence-corrected chi connectivity index (χ3v) is 11.8. The fraction of sp³-hybridized carbons (Fsp3) is 0. The Balaban J connectivity index is 0.938. The second-order valence-electron chi connectivity index (χ2n) is 15.6. The summed E-state index contributed by atoms with van der Waals surface area (Å²) in [5.74, 6) is 1.81. The molecule has 0 aliphatic carbocycles. The topological polar surface area (TPSA) is 61.4 Å². The quantitative estimate of drug-likeness (QED) is 0.161. The number of aromatic nitrogens is 6. The lowest BCUT2D eigenvalue weighted by atomic mass is 10.0. The summed E-state index contributed by atoms with van der Waals surface area (Å²) in [4.78, 5) is 19.6. The van der Waals surface area contributed by atoms with Crippen LogP contribution in [0.5, 0.6) is 0 Å². The fourth-order valence-electron chi connectivity index (χ4n) is 8.90. The summed E-state index contributed by atoms with van der Waals surface area (Å²) in [6.45, 7) is 0. The number of benzene rings is 8. The van der Waals surface area contributed by atoms with Crippen molar-refractivity contribution in [3.63, 3.8) is 0 Å². The van der Waals surface area contributed by atoms with Crippen LogP contribution in [-0.4, -0.2) is 29.1 Å². The molecule has 290 valence electrons. The molecule has 62 heavy (non-hydrogen) atoms. The molecule has 0 amide bonds. The minimum absolute atomic E-state index is 0.573. The molecule has 0 N–H and O–H groups in total. The normalized spacial score (nSPS) is 11.5. The first-order chi connectivity index (χ1) is 30.7. The van der Waals surface area contributed by atoms with Crippen molar-refractivity contribution in [3.05, 3.63) is 219 Å². The van der Waals surface area contributed by atoms with Crippen molar-refractivity contribution in [1.82, 2.24) is 29.1 Å². The molecule has 0 spiro atoms. The number of para-hydroxylation sites is 3. The van der Waals surface area contributed by atoms with Crippen molar-refractivity contribution in [2.24, 2.45) is 0 Å². The van der Waals surface area contributed by atoms with Gasteiger partial charge in [-0.3, -0.25) is 4.98 Å². The minimum Gasteiger partial charge on any atom is -0.309 e. The van der Waals surface area contributed by atoms with Gasteiger partial charge in [0.15, 0.2) is 17.5 Å². The highest BCUT2D eigenvalue weighted by Gasteiger charge is 2.17. The predicted molar refractivity (Wildman–Crippen MR) is 253 cm³/mol. The van der Waals surface area contributed by atoms with Gasteiger partial charge < -0.3 is 9.13 Å². The van der Waals surface area contributed by atoms with Gasteiger partial charge in [0.25, 0.3) is 0 Å². The molecule has 4 aromatic heterocycles. The van der Waals surface area contributed by atoms with E-state index in [-0.39, 0.29) is 0 Å². The number of rotatable bonds is 7. The van der Waals surface area contributed by atoms with Crippen LogP contribution in [0.3, 0.4) is 0 Å². The Kier molecular flexibility index (Phi) is 8.38. The summed E-state index contributed by atoms with van der Waals surface area (Å²) in [7, 11) is 0. The van der Waals surface area contributed by atoms with Gasteiger partial charge in [0.05, 0.1) is 22.1 Å². The van der Waals surface area contributed by atoms with Gasteiger partial charge in [-0.05, 0) is 77.4 Å². The molecule has 0 unspecified atom stereocenters. The van der Waals surface area contributed by atoms with Gasteiger partial charge in [-0.25, -0.2) is 15.0 Å². The molecule has 0 aliphatic heterocycles. The maximum Gasteiger partial charge on any atom is 0.165 e. The number of nitrogens with zero attached hydrogens (tertiary/aromatic N) is 6. The van der Waals surface area contributed by atoms with Crippen molar-refractivity contribution in [2.75, 3.05) is 0 Å². The van der Waals surface area contributed by atoms with Crippen LogP contribution in [0.2, 0.25) is 0 Å². The van der Waals surface area contributed by atoms with Gasteiger partial charge in [0, 0.05) is 67.6 Å². The number of hydrogen-bond acceptors (Lipinski definition) is 4. The number of pyridine rings is 1. The fourth-order valence-corrected chi connectivity index (χ4v) is 8.90. The molecule has 12 rings (SSSR count). The lowest BCUT2D eigenvalue weighted by molar-refractivity contribution is 1.07. The van der Waals surface area contributed by atoms with Crippen molar-refractivity contribution in [1.29, 1.82) is 0 Å². The standard InChI is InChI=1S/C56H36N6/c1-4-14-38(15-5-1)54-58-55(39-16-6-2-7-17-39)60-56(59-54)43-32-42(35-57-36-43)41-26-30-48-46-20-10-12-22-50(46)62(53(48)34-41)45-28-24-37(25-29-45)40-27-31-52-49(33-40)47-21-11-13-23-51(47)61(52)44-18-8-3-9-19-44/h1-36H. The lowest BCUT2D eigenvalue weighted by Crippen LogP contribution is -2.00. The number of fused-ring (bicyclic) bond motifs is 6. The molecule has 0 aliphatic rings. The van der Waals surface area contributed by atoms with Crippen LogP contribution >= 0.6 is 0 Å². The maximum atomic E-state index is 4.97. The van der Waals surface area contributed by atoms with Gasteiger partial charge in [-0.2, -0.15) is 0 Å². The van der Waals surface area contributed by atoms with E-state index in [1.807, 2.05) is 73.1 Å². The first kappa shape index (κ1) is 35.5. The third kappa shape index (κ3) is 6.04. The first-order valence-electron chi connectivity index (χ1n) is 20.8. The van der Waals surface area contributed by atoms with Crippen LogP contribution in [0.1, 0.15) is 0 Å². The van der Waals surface area contributed by atoms with Crippen LogP contribution in [-0.2, 0) is 0 Å². The largest absolute Gasteiger partial charge is 0.309 e. The Bertz CT molecular complexity index is 3550. The maximum absolute atomic E-state index is 4.97. The molecule has 0 radical (unpaired) electrons. The lowest BCUT2D eigenvalue weighted by Gasteiger charge is -2.11. The zero-order valence-corrected chi connectivity index (χ0v) is 33.5. The smallest absolute Gasteiger partial charge is 0.165 e. The van der Waals surface area contributed by atoms with Gasteiger partial charge >= 0.3 is 0 Å². The molecule has 6 heteroatoms. The third-order valence-electron chi connectivity index (χ3n) is 11.8. The molecule has 0 saturated carbocycles. The highest BCUT2D eigenvalue weighted by molar-refractivity contribution is 6.11. The summed E-state index contributed by atoms with van der Waals surface area (Å²) >= 11 is 0. The van der Waals surface area contributed by atoms with Crippen LogP contribution in [0.25, 0.3) is 111 Å². The van der Waals surface area contributed by atoms with Crippen molar-refractivity contribution >= 4 is 43.6 Å². The van der Waals surface area contributed by atoms with Gasteiger partial charge in [-0.1, -0.05) is 146 Å². The van der Waals surface area contributed by atoms with E-state index in [0.29, 0.717) is 17.5 Å². The van der Waals surface area contributed by atoms with E-state index in [9.17, 15) is 0 Å². The Morgan fingerprint density at radius 2 is 0.710 bits per heavy atom. The monoisotopic (exact) mass is 792 g/mol. The number of hydrogen-bond donors (Lipinski definition) is 0. The van der Waals surface area contributed by atoms with Gasteiger partial charge in [-0.15, -0.1) is 0 Å². The molecule has 0 saturated heterocycles. The van der Waals surface area contributed by atoms with Gasteiger partial charge in [0.2, 0.25) is 0 Å². The van der Waals surface area contributed by atoms with E-state index in [4.69, 9.17) is 19.9 Å². The summed E-state index contributed by atoms with van der Waals surface area (Å²) in [5.41, 5.74) is 14.0. The highest BCUT2D eigenvalue weighted by Crippen LogP contribution is 2.38. The van der Waals surface area contributed by atoms with E-state index < -0.39 is 0 Å². The van der Waals surface area contributed by atoms with Crippen LogP contribution < -0.4 is 0 Å². The molecule has 12 aromatic rings. The molecule has 4 heterocycles. The van der Waals surface area contributed by atoms with Crippen LogP contribution in [0.4, 0.5) is 0 Å². The van der Waals surface area contributed by atoms with E-state index >= 15 is 0 Å². The summed E-state index contributed by atoms with van der Waals surface area (Å²) in [5, 5.41) is 4.88. The zero-order valence-electron chi connectivity index (χ0n) is 33.5. The molecule has 0 bridgehead atoms. The first-order valence-corrected chi connectivity index (χ1v) is 20.8. The predicted octanol–water partition coefficient (Wildman–Crippen LogP) is 13.8. The average molecular weight is 793 g/mol. The van der Waals surface area contributed by atoms with E-state index in [1.54, 1.807) is 0 Å². The van der Waals surface area contributed by atoms with Crippen molar-refractivity contribution in [2.45, 2.75) is 0 Å². The second-order valence-corrected chi connectivity index (χ2v) is 15.6. The summed E-state index contributed by atoms with van der Waals surface area (Å²) < 4.78 is 4.73. The van der Waals surface area contributed by atoms with E-state index in [0.717, 1.165) is 50.2 Å². The Morgan fingerprint density at radius 3 is 1.37 bits per heavy atom. The van der Waals surface area contributed by atoms with Crippen molar-refractivity contribution in [3.8, 4) is 67.8 Å². The summed E-state index contributed by atoms with van der Waals surface area (Å²) in [6, 6.07) is 72.6. The van der Waals surface area contributed by atoms with Crippen molar-refractivity contribution < 1.29 is 0 Å². The summed E-state index contributed by atoms with van der Waals surface area (Å²) in [6.07, 6.45) is 3.75. The van der Waals surface area contributed by atoms with E-state index in [2.05, 4.69) is 155 Å². The molecular formula is C56H36N6. The molecule has 8 aromatic carbocycles. The van der Waals surface area contributed by atoms with E-state index in [1.165, 1.54) is 43.7 Å². The zero-order chi connectivity index (χ0) is 41.0. The van der Waals surface area contributed by atoms with Crippen LogP contribution in [0.15, 0.2) is 219 Å². The molecular weight excluding hydrogens is 757 g/mol. The Hall–Kier alpha value is -8.48. The molecule has 0 fully saturated rings. The van der Waals surface area contributed by atoms with Crippen LogP contribution in [0, 0.1) is 0 Å².